The lowest BCUT2D eigenvalue weighted by Gasteiger charge is -2.44. The molecule has 0 aliphatic heterocycles. The normalized spacial score (nSPS) is 44.3. The van der Waals surface area contributed by atoms with E-state index in [1.165, 1.54) is 64.2 Å². The standard InChI is InChI=1S/C16H31N/c1-3-14-8-4-5-9-15(14)16(17)11-6-7-13(2)10-12-16/h13-15H,3-12,17H2,1-2H3. The van der Waals surface area contributed by atoms with E-state index >= 15 is 0 Å². The fraction of sp³-hybridized carbons (Fsp3) is 1.00. The quantitative estimate of drug-likeness (QED) is 0.703. The zero-order valence-corrected chi connectivity index (χ0v) is 11.9. The molecule has 0 bridgehead atoms. The molecule has 0 spiro atoms. The third kappa shape index (κ3) is 3.05. The first kappa shape index (κ1) is 13.4. The second-order valence-corrected chi connectivity index (χ2v) is 6.83. The maximum absolute atomic E-state index is 6.86. The van der Waals surface area contributed by atoms with Crippen LogP contribution < -0.4 is 5.73 Å². The van der Waals surface area contributed by atoms with E-state index in [2.05, 4.69) is 13.8 Å². The Hall–Kier alpha value is -0.0400. The van der Waals surface area contributed by atoms with Crippen molar-refractivity contribution in [1.82, 2.24) is 0 Å². The van der Waals surface area contributed by atoms with Gasteiger partial charge in [0.25, 0.3) is 0 Å². The van der Waals surface area contributed by atoms with E-state index in [0.717, 1.165) is 17.8 Å². The minimum absolute atomic E-state index is 0.186. The number of nitrogens with two attached hydrogens (primary N) is 1. The van der Waals surface area contributed by atoms with Crippen molar-refractivity contribution in [1.29, 1.82) is 0 Å². The van der Waals surface area contributed by atoms with Crippen LogP contribution in [-0.2, 0) is 0 Å². The highest BCUT2D eigenvalue weighted by Gasteiger charge is 2.40. The highest BCUT2D eigenvalue weighted by atomic mass is 14.8. The monoisotopic (exact) mass is 237 g/mol. The summed E-state index contributed by atoms with van der Waals surface area (Å²) in [7, 11) is 0. The maximum Gasteiger partial charge on any atom is 0.0185 e. The topological polar surface area (TPSA) is 26.0 Å². The largest absolute Gasteiger partial charge is 0.325 e. The molecule has 0 saturated heterocycles. The lowest BCUT2D eigenvalue weighted by molar-refractivity contribution is 0.113. The van der Waals surface area contributed by atoms with Crippen molar-refractivity contribution in [2.75, 3.05) is 0 Å². The molecule has 1 nitrogen and oxygen atoms in total. The molecule has 2 fully saturated rings. The minimum Gasteiger partial charge on any atom is -0.325 e. The van der Waals surface area contributed by atoms with Gasteiger partial charge in [-0.3, -0.25) is 0 Å². The van der Waals surface area contributed by atoms with Gasteiger partial charge < -0.3 is 5.73 Å². The first-order valence-corrected chi connectivity index (χ1v) is 7.94. The van der Waals surface area contributed by atoms with Crippen molar-refractivity contribution in [3.05, 3.63) is 0 Å². The van der Waals surface area contributed by atoms with Crippen LogP contribution in [0.2, 0.25) is 0 Å². The molecule has 0 aromatic carbocycles. The zero-order valence-electron chi connectivity index (χ0n) is 11.9. The average Bonchev–Trinajstić information content (AvgIpc) is 2.52. The lowest BCUT2D eigenvalue weighted by Crippen LogP contribution is -2.50. The number of hydrogen-bond acceptors (Lipinski definition) is 1. The molecule has 17 heavy (non-hydrogen) atoms. The number of hydrogen-bond donors (Lipinski definition) is 1. The second-order valence-electron chi connectivity index (χ2n) is 6.83. The van der Waals surface area contributed by atoms with Gasteiger partial charge in [0, 0.05) is 5.54 Å². The molecular weight excluding hydrogens is 206 g/mol. The van der Waals surface area contributed by atoms with Gasteiger partial charge in [-0.05, 0) is 43.4 Å². The third-order valence-electron chi connectivity index (χ3n) is 5.61. The summed E-state index contributed by atoms with van der Waals surface area (Å²) in [6.45, 7) is 4.77. The highest BCUT2D eigenvalue weighted by Crippen LogP contribution is 2.44. The van der Waals surface area contributed by atoms with Crippen molar-refractivity contribution in [2.24, 2.45) is 23.5 Å². The van der Waals surface area contributed by atoms with Gasteiger partial charge in [0.1, 0.15) is 0 Å². The van der Waals surface area contributed by atoms with Gasteiger partial charge in [0.15, 0.2) is 0 Å². The summed E-state index contributed by atoms with van der Waals surface area (Å²) in [6, 6.07) is 0. The molecule has 0 aromatic heterocycles. The van der Waals surface area contributed by atoms with E-state index in [9.17, 15) is 0 Å². The smallest absolute Gasteiger partial charge is 0.0185 e. The van der Waals surface area contributed by atoms with Crippen molar-refractivity contribution < 1.29 is 0 Å². The summed E-state index contributed by atoms with van der Waals surface area (Å²) in [5.41, 5.74) is 7.05. The van der Waals surface area contributed by atoms with E-state index in [1.807, 2.05) is 0 Å². The van der Waals surface area contributed by atoms with E-state index in [-0.39, 0.29) is 5.54 Å². The Bertz CT molecular complexity index is 238. The molecule has 4 unspecified atom stereocenters. The fourth-order valence-electron chi connectivity index (χ4n) is 4.39. The molecule has 0 radical (unpaired) electrons. The molecule has 2 saturated carbocycles. The van der Waals surface area contributed by atoms with Crippen molar-refractivity contribution in [2.45, 2.75) is 83.6 Å². The van der Waals surface area contributed by atoms with Gasteiger partial charge in [-0.2, -0.15) is 0 Å². The summed E-state index contributed by atoms with van der Waals surface area (Å²) in [6.07, 6.45) is 13.8. The van der Waals surface area contributed by atoms with Crippen LogP contribution in [-0.4, -0.2) is 5.54 Å². The molecule has 4 atom stereocenters. The van der Waals surface area contributed by atoms with Crippen molar-refractivity contribution in [3.63, 3.8) is 0 Å². The van der Waals surface area contributed by atoms with E-state index < -0.39 is 0 Å². The number of rotatable bonds is 2. The Morgan fingerprint density at radius 1 is 1.00 bits per heavy atom. The molecule has 2 rings (SSSR count). The Kier molecular flexibility index (Phi) is 4.52. The van der Waals surface area contributed by atoms with E-state index in [0.29, 0.717) is 0 Å². The van der Waals surface area contributed by atoms with Gasteiger partial charge in [0.2, 0.25) is 0 Å². The van der Waals surface area contributed by atoms with E-state index in [4.69, 9.17) is 5.73 Å². The molecule has 0 amide bonds. The Labute approximate surface area is 108 Å². The fourth-order valence-corrected chi connectivity index (χ4v) is 4.39. The van der Waals surface area contributed by atoms with Crippen LogP contribution in [0.5, 0.6) is 0 Å². The van der Waals surface area contributed by atoms with Crippen LogP contribution in [0.3, 0.4) is 0 Å². The predicted octanol–water partition coefficient (Wildman–Crippen LogP) is 4.50. The van der Waals surface area contributed by atoms with Gasteiger partial charge >= 0.3 is 0 Å². The molecular formula is C16H31N. The van der Waals surface area contributed by atoms with Gasteiger partial charge in [-0.15, -0.1) is 0 Å². The molecule has 0 aromatic rings. The van der Waals surface area contributed by atoms with Crippen LogP contribution in [0, 0.1) is 17.8 Å². The summed E-state index contributed by atoms with van der Waals surface area (Å²) in [5, 5.41) is 0. The summed E-state index contributed by atoms with van der Waals surface area (Å²) in [4.78, 5) is 0. The lowest BCUT2D eigenvalue weighted by atomic mass is 9.65. The molecule has 0 heterocycles. The summed E-state index contributed by atoms with van der Waals surface area (Å²) in [5.74, 6) is 2.65. The average molecular weight is 237 g/mol. The van der Waals surface area contributed by atoms with Crippen LogP contribution in [0.25, 0.3) is 0 Å². The maximum atomic E-state index is 6.86. The van der Waals surface area contributed by atoms with Gasteiger partial charge in [0.05, 0.1) is 0 Å². The van der Waals surface area contributed by atoms with Gasteiger partial charge in [-0.1, -0.05) is 52.4 Å². The third-order valence-corrected chi connectivity index (χ3v) is 5.61. The molecule has 2 aliphatic rings. The molecule has 1 heteroatoms. The highest BCUT2D eigenvalue weighted by molar-refractivity contribution is 4.97. The van der Waals surface area contributed by atoms with Crippen molar-refractivity contribution in [3.8, 4) is 0 Å². The molecule has 2 N–H and O–H groups in total. The second kappa shape index (κ2) is 5.73. The molecule has 2 aliphatic carbocycles. The Morgan fingerprint density at radius 2 is 1.76 bits per heavy atom. The van der Waals surface area contributed by atoms with Gasteiger partial charge in [-0.25, -0.2) is 0 Å². The van der Waals surface area contributed by atoms with Crippen molar-refractivity contribution >= 4 is 0 Å². The minimum atomic E-state index is 0.186. The first-order valence-electron chi connectivity index (χ1n) is 7.94. The van der Waals surface area contributed by atoms with Crippen LogP contribution >= 0.6 is 0 Å². The van der Waals surface area contributed by atoms with Crippen LogP contribution in [0.1, 0.15) is 78.1 Å². The van der Waals surface area contributed by atoms with Crippen LogP contribution in [0.4, 0.5) is 0 Å². The Balaban J connectivity index is 2.06. The zero-order chi connectivity index (χ0) is 12.3. The SMILES string of the molecule is CCC1CCCCC1C1(N)CCCC(C)CC1. The first-order chi connectivity index (χ1) is 8.15. The molecule has 100 valence electrons. The summed E-state index contributed by atoms with van der Waals surface area (Å²) < 4.78 is 0. The Morgan fingerprint density at radius 3 is 2.53 bits per heavy atom. The van der Waals surface area contributed by atoms with E-state index in [1.54, 1.807) is 0 Å². The van der Waals surface area contributed by atoms with Crippen LogP contribution in [0.15, 0.2) is 0 Å². The summed E-state index contributed by atoms with van der Waals surface area (Å²) >= 11 is 0. The predicted molar refractivity (Wildman–Crippen MR) is 74.9 cm³/mol.